The van der Waals surface area contributed by atoms with Gasteiger partial charge in [0.1, 0.15) is 10.4 Å². The molecule has 0 saturated heterocycles. The molecule has 1 unspecified atom stereocenters. The minimum Gasteiger partial charge on any atom is -0.326 e. The van der Waals surface area contributed by atoms with Crippen LogP contribution < -0.4 is 0 Å². The Morgan fingerprint density at radius 3 is 2.67 bits per heavy atom. The predicted octanol–water partition coefficient (Wildman–Crippen LogP) is 3.04. The Hall–Kier alpha value is -0.760. The van der Waals surface area contributed by atoms with E-state index in [1.807, 2.05) is 6.07 Å². The van der Waals surface area contributed by atoms with Crippen LogP contribution in [0.3, 0.4) is 0 Å². The van der Waals surface area contributed by atoms with E-state index >= 15 is 0 Å². The van der Waals surface area contributed by atoms with Crippen molar-refractivity contribution in [3.8, 4) is 6.07 Å². The first-order valence-electron chi connectivity index (χ1n) is 4.09. The molecule has 1 heterocycles. The van der Waals surface area contributed by atoms with Crippen molar-refractivity contribution in [1.82, 2.24) is 4.90 Å². The van der Waals surface area contributed by atoms with Crippen LogP contribution in [0.5, 0.6) is 0 Å². The molecule has 1 atom stereocenters. The van der Waals surface area contributed by atoms with E-state index in [1.54, 1.807) is 14.0 Å². The molecular formula is C9H8Cl2N2OS. The Labute approximate surface area is 102 Å². The number of nitrogens with zero attached hydrogens (tertiary/aromatic N) is 2. The van der Waals surface area contributed by atoms with Gasteiger partial charge in [-0.15, -0.1) is 11.3 Å². The first-order valence-corrected chi connectivity index (χ1v) is 5.66. The Balaban J connectivity index is 2.96. The summed E-state index contributed by atoms with van der Waals surface area (Å²) in [4.78, 5) is 13.1. The number of halogens is 2. The van der Waals surface area contributed by atoms with Gasteiger partial charge in [-0.25, -0.2) is 0 Å². The molecule has 3 nitrogen and oxygen atoms in total. The van der Waals surface area contributed by atoms with Gasteiger partial charge in [0.2, 0.25) is 0 Å². The van der Waals surface area contributed by atoms with Gasteiger partial charge in [-0.1, -0.05) is 23.2 Å². The fraction of sp³-hybridized carbons (Fsp3) is 0.333. The quantitative estimate of drug-likeness (QED) is 0.823. The second-order valence-electron chi connectivity index (χ2n) is 2.96. The Morgan fingerprint density at radius 1 is 1.67 bits per heavy atom. The molecule has 0 aliphatic rings. The predicted molar refractivity (Wildman–Crippen MR) is 61.5 cm³/mol. The van der Waals surface area contributed by atoms with Gasteiger partial charge < -0.3 is 4.90 Å². The SMILES string of the molecule is CC(C#N)N(C)C(=O)c1cc(Cl)sc1Cl. The van der Waals surface area contributed by atoms with Gasteiger partial charge in [-0.2, -0.15) is 5.26 Å². The normalized spacial score (nSPS) is 11.9. The molecule has 0 N–H and O–H groups in total. The van der Waals surface area contributed by atoms with E-state index in [0.717, 1.165) is 11.3 Å². The van der Waals surface area contributed by atoms with Gasteiger partial charge in [-0.05, 0) is 13.0 Å². The van der Waals surface area contributed by atoms with Gasteiger partial charge in [-0.3, -0.25) is 4.79 Å². The average molecular weight is 263 g/mol. The van der Waals surface area contributed by atoms with Crippen molar-refractivity contribution >= 4 is 40.4 Å². The van der Waals surface area contributed by atoms with Gasteiger partial charge in [0.25, 0.3) is 5.91 Å². The van der Waals surface area contributed by atoms with Crippen LogP contribution in [0.2, 0.25) is 8.67 Å². The maximum absolute atomic E-state index is 11.8. The Kier molecular flexibility index (Phi) is 3.97. The van der Waals surface area contributed by atoms with Gasteiger partial charge in [0, 0.05) is 7.05 Å². The smallest absolute Gasteiger partial charge is 0.257 e. The van der Waals surface area contributed by atoms with Gasteiger partial charge >= 0.3 is 0 Å². The highest BCUT2D eigenvalue weighted by Crippen LogP contribution is 2.31. The van der Waals surface area contributed by atoms with E-state index in [1.165, 1.54) is 11.0 Å². The topological polar surface area (TPSA) is 44.1 Å². The zero-order valence-electron chi connectivity index (χ0n) is 8.12. The molecule has 0 radical (unpaired) electrons. The first kappa shape index (κ1) is 12.3. The molecule has 15 heavy (non-hydrogen) atoms. The molecule has 0 aliphatic heterocycles. The maximum Gasteiger partial charge on any atom is 0.257 e. The summed E-state index contributed by atoms with van der Waals surface area (Å²) in [7, 11) is 1.55. The molecule has 1 aromatic heterocycles. The lowest BCUT2D eigenvalue weighted by molar-refractivity contribution is 0.0774. The van der Waals surface area contributed by atoms with E-state index in [2.05, 4.69) is 0 Å². The van der Waals surface area contributed by atoms with Crippen LogP contribution in [0.25, 0.3) is 0 Å². The Morgan fingerprint density at radius 2 is 2.27 bits per heavy atom. The van der Waals surface area contributed by atoms with Gasteiger partial charge in [0.15, 0.2) is 0 Å². The van der Waals surface area contributed by atoms with E-state index < -0.39 is 6.04 Å². The number of thiophene rings is 1. The van der Waals surface area contributed by atoms with Crippen LogP contribution in [0.1, 0.15) is 17.3 Å². The standard InChI is InChI=1S/C9H8Cl2N2OS/c1-5(4-12)13(2)9(14)6-3-7(10)15-8(6)11/h3,5H,1-2H3. The van der Waals surface area contributed by atoms with Crippen molar-refractivity contribution in [3.63, 3.8) is 0 Å². The molecule has 0 spiro atoms. The summed E-state index contributed by atoms with van der Waals surface area (Å²) in [6.45, 7) is 1.64. The third-order valence-corrected chi connectivity index (χ3v) is 3.46. The van der Waals surface area contributed by atoms with E-state index in [-0.39, 0.29) is 5.91 Å². The van der Waals surface area contributed by atoms with E-state index in [9.17, 15) is 4.79 Å². The van der Waals surface area contributed by atoms with Crippen molar-refractivity contribution < 1.29 is 4.79 Å². The average Bonchev–Trinajstić information content (AvgIpc) is 2.54. The van der Waals surface area contributed by atoms with Crippen molar-refractivity contribution in [2.24, 2.45) is 0 Å². The highest BCUT2D eigenvalue weighted by atomic mass is 35.5. The molecule has 6 heteroatoms. The molecule has 0 aliphatic carbocycles. The monoisotopic (exact) mass is 262 g/mol. The molecule has 0 fully saturated rings. The number of carbonyl (C=O) groups is 1. The lowest BCUT2D eigenvalue weighted by Gasteiger charge is -2.18. The summed E-state index contributed by atoms with van der Waals surface area (Å²) in [5.41, 5.74) is 0.344. The van der Waals surface area contributed by atoms with Crippen molar-refractivity contribution in [3.05, 3.63) is 20.3 Å². The molecule has 0 bridgehead atoms. The number of rotatable bonds is 2. The molecular weight excluding hydrogens is 255 g/mol. The summed E-state index contributed by atoms with van der Waals surface area (Å²) in [5.74, 6) is -0.294. The number of amides is 1. The summed E-state index contributed by atoms with van der Waals surface area (Å²) in [6, 6.07) is 2.99. The highest BCUT2D eigenvalue weighted by Gasteiger charge is 2.21. The molecule has 0 saturated carbocycles. The summed E-state index contributed by atoms with van der Waals surface area (Å²) < 4.78 is 0.809. The molecule has 1 amide bonds. The number of hydrogen-bond donors (Lipinski definition) is 0. The van der Waals surface area contributed by atoms with Crippen molar-refractivity contribution in [2.75, 3.05) is 7.05 Å². The van der Waals surface area contributed by atoms with Crippen LogP contribution in [-0.2, 0) is 0 Å². The zero-order valence-corrected chi connectivity index (χ0v) is 10.4. The molecule has 1 rings (SSSR count). The Bertz CT molecular complexity index is 424. The third-order valence-electron chi connectivity index (χ3n) is 1.98. The van der Waals surface area contributed by atoms with Crippen LogP contribution >= 0.6 is 34.5 Å². The van der Waals surface area contributed by atoms with Gasteiger partial charge in [0.05, 0.1) is 16.0 Å². The second kappa shape index (κ2) is 4.84. The number of hydrogen-bond acceptors (Lipinski definition) is 3. The summed E-state index contributed by atoms with van der Waals surface area (Å²) >= 11 is 12.7. The largest absolute Gasteiger partial charge is 0.326 e. The summed E-state index contributed by atoms with van der Waals surface area (Å²) in [5, 5.41) is 8.68. The van der Waals surface area contributed by atoms with Crippen LogP contribution in [0.15, 0.2) is 6.07 Å². The van der Waals surface area contributed by atoms with Crippen LogP contribution in [-0.4, -0.2) is 23.9 Å². The molecule has 1 aromatic rings. The lowest BCUT2D eigenvalue weighted by Crippen LogP contribution is -2.33. The minimum absolute atomic E-state index is 0.294. The van der Waals surface area contributed by atoms with E-state index in [0.29, 0.717) is 14.2 Å². The number of carbonyl (C=O) groups excluding carboxylic acids is 1. The first-order chi connectivity index (χ1) is 6.97. The molecule has 80 valence electrons. The van der Waals surface area contributed by atoms with Crippen molar-refractivity contribution in [2.45, 2.75) is 13.0 Å². The zero-order chi connectivity index (χ0) is 11.6. The fourth-order valence-corrected chi connectivity index (χ4v) is 2.39. The lowest BCUT2D eigenvalue weighted by atomic mass is 10.2. The number of nitriles is 1. The fourth-order valence-electron chi connectivity index (χ4n) is 0.939. The highest BCUT2D eigenvalue weighted by molar-refractivity contribution is 7.20. The summed E-state index contributed by atoms with van der Waals surface area (Å²) in [6.07, 6.45) is 0. The maximum atomic E-state index is 11.8. The van der Waals surface area contributed by atoms with Crippen LogP contribution in [0, 0.1) is 11.3 Å². The van der Waals surface area contributed by atoms with Crippen molar-refractivity contribution in [1.29, 1.82) is 5.26 Å². The molecule has 0 aromatic carbocycles. The van der Waals surface area contributed by atoms with Crippen LogP contribution in [0.4, 0.5) is 0 Å². The van der Waals surface area contributed by atoms with E-state index in [4.69, 9.17) is 28.5 Å². The third kappa shape index (κ3) is 2.63. The second-order valence-corrected chi connectivity index (χ2v) is 5.24. The minimum atomic E-state index is -0.493.